The smallest absolute Gasteiger partial charge is 0.230 e. The fourth-order valence-corrected chi connectivity index (χ4v) is 2.59. The molecule has 0 aliphatic carbocycles. The lowest BCUT2D eigenvalue weighted by molar-refractivity contribution is 0.198. The average Bonchev–Trinajstić information content (AvgIpc) is 3.15. The zero-order valence-corrected chi connectivity index (χ0v) is 12.7. The highest BCUT2D eigenvalue weighted by molar-refractivity contribution is 5.89. The molecule has 2 aromatic rings. The largest absolute Gasteiger partial charge is 0.475 e. The minimum absolute atomic E-state index is 0.0441. The third-order valence-corrected chi connectivity index (χ3v) is 3.68. The number of rotatable bonds is 3. The zero-order valence-electron chi connectivity index (χ0n) is 12.7. The second-order valence-corrected chi connectivity index (χ2v) is 5.68. The zero-order chi connectivity index (χ0) is 15.8. The molecule has 2 N–H and O–H groups in total. The number of aliphatic imine (C=N–C) groups is 1. The van der Waals surface area contributed by atoms with E-state index in [0.717, 1.165) is 16.7 Å². The van der Waals surface area contributed by atoms with E-state index in [9.17, 15) is 0 Å². The van der Waals surface area contributed by atoms with Crippen LogP contribution < -0.4 is 5.73 Å². The Hall–Kier alpha value is -2.67. The number of fused-ring (bicyclic) bond motifs is 2. The first kappa shape index (κ1) is 14.0. The first-order valence-electron chi connectivity index (χ1n) is 7.51. The number of aromatic nitrogens is 1. The fraction of sp³-hybridized carbons (Fsp3) is 0.312. The number of ether oxygens (including phenoxy) is 1. The molecule has 3 unspecified atom stereocenters. The number of hydrazone groups is 1. The molecule has 3 atom stereocenters. The number of nitrogens with zero attached hydrogens (tertiary/aromatic N) is 4. The number of nitrogens with two attached hydrogens (primary N) is 1. The third kappa shape index (κ3) is 2.59. The van der Waals surface area contributed by atoms with Gasteiger partial charge in [0.1, 0.15) is 24.0 Å². The molecule has 0 fully saturated rings. The standard InChI is InChI=1S/C16H17N5O2/c1-10(17)9-22-16-3-2-15-19-8-12(21(15)20-16)14-6-11-7-18-5-4-13(11)23-14/h2-8,10,12,15H,9,17H2,1H3. The molecule has 2 aromatic heterocycles. The molecule has 4 heterocycles. The number of hydrogen-bond acceptors (Lipinski definition) is 7. The Kier molecular flexibility index (Phi) is 3.34. The second-order valence-electron chi connectivity index (χ2n) is 5.68. The van der Waals surface area contributed by atoms with E-state index in [2.05, 4.69) is 15.1 Å². The first-order valence-corrected chi connectivity index (χ1v) is 7.51. The summed E-state index contributed by atoms with van der Waals surface area (Å²) in [6, 6.07) is 3.61. The highest BCUT2D eigenvalue weighted by Gasteiger charge is 2.33. The monoisotopic (exact) mass is 311 g/mol. The Morgan fingerprint density at radius 1 is 1.48 bits per heavy atom. The van der Waals surface area contributed by atoms with Crippen molar-refractivity contribution in [3.8, 4) is 0 Å². The second kappa shape index (κ2) is 5.51. The lowest BCUT2D eigenvalue weighted by atomic mass is 10.2. The summed E-state index contributed by atoms with van der Waals surface area (Å²) in [5, 5.41) is 7.35. The summed E-state index contributed by atoms with van der Waals surface area (Å²) in [6.07, 6.45) is 8.98. The van der Waals surface area contributed by atoms with Crippen LogP contribution in [0, 0.1) is 0 Å². The molecular formula is C16H17N5O2. The van der Waals surface area contributed by atoms with Gasteiger partial charge in [0, 0.05) is 36.1 Å². The lowest BCUT2D eigenvalue weighted by Crippen LogP contribution is -2.32. The summed E-state index contributed by atoms with van der Waals surface area (Å²) in [5.74, 6) is 1.32. The molecule has 0 saturated carbocycles. The molecule has 23 heavy (non-hydrogen) atoms. The Labute approximate surface area is 133 Å². The maximum absolute atomic E-state index is 5.91. The fourth-order valence-electron chi connectivity index (χ4n) is 2.59. The van der Waals surface area contributed by atoms with Gasteiger partial charge in [-0.15, -0.1) is 5.10 Å². The molecule has 0 spiro atoms. The highest BCUT2D eigenvalue weighted by Crippen LogP contribution is 2.33. The first-order chi connectivity index (χ1) is 11.2. The van der Waals surface area contributed by atoms with Crippen molar-refractivity contribution in [3.63, 3.8) is 0 Å². The van der Waals surface area contributed by atoms with E-state index in [0.29, 0.717) is 12.5 Å². The van der Waals surface area contributed by atoms with Gasteiger partial charge in [-0.05, 0) is 25.1 Å². The van der Waals surface area contributed by atoms with Crippen LogP contribution in [0.25, 0.3) is 11.0 Å². The van der Waals surface area contributed by atoms with Crippen LogP contribution >= 0.6 is 0 Å². The van der Waals surface area contributed by atoms with Crippen LogP contribution in [0.3, 0.4) is 0 Å². The normalized spacial score (nSPS) is 23.9. The Bertz CT molecular complexity index is 775. The van der Waals surface area contributed by atoms with Crippen molar-refractivity contribution in [2.75, 3.05) is 6.61 Å². The Morgan fingerprint density at radius 3 is 3.22 bits per heavy atom. The van der Waals surface area contributed by atoms with Crippen molar-refractivity contribution >= 4 is 23.1 Å². The van der Waals surface area contributed by atoms with Crippen LogP contribution in [0.15, 0.2) is 51.2 Å². The van der Waals surface area contributed by atoms with Gasteiger partial charge in [0.15, 0.2) is 6.17 Å². The topological polar surface area (TPSA) is 89.2 Å². The SMILES string of the molecule is CC(N)COC1=NN2C(C=C1)N=CC2c1cc2cnccc2o1. The van der Waals surface area contributed by atoms with Gasteiger partial charge in [-0.1, -0.05) is 0 Å². The third-order valence-electron chi connectivity index (χ3n) is 3.68. The van der Waals surface area contributed by atoms with Crippen molar-refractivity contribution in [1.82, 2.24) is 9.99 Å². The van der Waals surface area contributed by atoms with Crippen molar-refractivity contribution < 1.29 is 9.15 Å². The van der Waals surface area contributed by atoms with E-state index in [1.54, 1.807) is 12.4 Å². The maximum atomic E-state index is 5.91. The molecule has 2 aliphatic rings. The van der Waals surface area contributed by atoms with E-state index < -0.39 is 0 Å². The summed E-state index contributed by atoms with van der Waals surface area (Å²) in [7, 11) is 0. The summed E-state index contributed by atoms with van der Waals surface area (Å²) in [6.45, 7) is 2.31. The van der Waals surface area contributed by atoms with Gasteiger partial charge in [-0.3, -0.25) is 9.98 Å². The molecule has 7 nitrogen and oxygen atoms in total. The predicted octanol–water partition coefficient (Wildman–Crippen LogP) is 1.83. The van der Waals surface area contributed by atoms with Gasteiger partial charge < -0.3 is 14.9 Å². The lowest BCUT2D eigenvalue weighted by Gasteiger charge is -2.26. The van der Waals surface area contributed by atoms with E-state index in [-0.39, 0.29) is 18.2 Å². The predicted molar refractivity (Wildman–Crippen MR) is 87.0 cm³/mol. The summed E-state index contributed by atoms with van der Waals surface area (Å²) in [5.41, 5.74) is 6.52. The molecule has 0 saturated heterocycles. The molecule has 118 valence electrons. The molecule has 0 amide bonds. The quantitative estimate of drug-likeness (QED) is 0.934. The minimum Gasteiger partial charge on any atom is -0.475 e. The summed E-state index contributed by atoms with van der Waals surface area (Å²) in [4.78, 5) is 8.58. The minimum atomic E-state index is -0.161. The molecule has 7 heteroatoms. The number of furan rings is 1. The molecule has 0 radical (unpaired) electrons. The van der Waals surface area contributed by atoms with Gasteiger partial charge in [0.2, 0.25) is 5.90 Å². The Balaban J connectivity index is 1.60. The average molecular weight is 311 g/mol. The van der Waals surface area contributed by atoms with Crippen LogP contribution in [-0.4, -0.2) is 40.9 Å². The van der Waals surface area contributed by atoms with Crippen molar-refractivity contribution in [3.05, 3.63) is 42.4 Å². The van der Waals surface area contributed by atoms with Crippen LogP contribution in [-0.2, 0) is 4.74 Å². The van der Waals surface area contributed by atoms with Crippen LogP contribution in [0.4, 0.5) is 0 Å². The van der Waals surface area contributed by atoms with Crippen molar-refractivity contribution in [2.24, 2.45) is 15.8 Å². The van der Waals surface area contributed by atoms with Gasteiger partial charge in [-0.25, -0.2) is 5.01 Å². The van der Waals surface area contributed by atoms with Crippen molar-refractivity contribution in [2.45, 2.75) is 25.2 Å². The van der Waals surface area contributed by atoms with E-state index >= 15 is 0 Å². The van der Waals surface area contributed by atoms with Gasteiger partial charge >= 0.3 is 0 Å². The number of pyridine rings is 1. The van der Waals surface area contributed by atoms with E-state index in [1.807, 2.05) is 42.4 Å². The summed E-state index contributed by atoms with van der Waals surface area (Å²) < 4.78 is 11.5. The van der Waals surface area contributed by atoms with Gasteiger partial charge in [0.25, 0.3) is 0 Å². The highest BCUT2D eigenvalue weighted by atomic mass is 16.5. The Morgan fingerprint density at radius 2 is 2.39 bits per heavy atom. The molecule has 4 rings (SSSR count). The summed E-state index contributed by atoms with van der Waals surface area (Å²) >= 11 is 0. The molecule has 2 aliphatic heterocycles. The van der Waals surface area contributed by atoms with Crippen LogP contribution in [0.2, 0.25) is 0 Å². The van der Waals surface area contributed by atoms with Crippen molar-refractivity contribution in [1.29, 1.82) is 0 Å². The van der Waals surface area contributed by atoms with Gasteiger partial charge in [-0.2, -0.15) is 0 Å². The van der Waals surface area contributed by atoms with E-state index in [1.165, 1.54) is 0 Å². The van der Waals surface area contributed by atoms with E-state index in [4.69, 9.17) is 14.9 Å². The molecule has 0 bridgehead atoms. The maximum Gasteiger partial charge on any atom is 0.230 e. The molecular weight excluding hydrogens is 294 g/mol. The van der Waals surface area contributed by atoms with Crippen LogP contribution in [0.5, 0.6) is 0 Å². The van der Waals surface area contributed by atoms with Gasteiger partial charge in [0.05, 0.1) is 0 Å². The van der Waals surface area contributed by atoms with Crippen LogP contribution in [0.1, 0.15) is 18.7 Å². The molecule has 0 aromatic carbocycles. The number of hydrogen-bond donors (Lipinski definition) is 1.